The molecule has 90 valence electrons. The summed E-state index contributed by atoms with van der Waals surface area (Å²) < 4.78 is 10.1. The van der Waals surface area contributed by atoms with Gasteiger partial charge in [0.2, 0.25) is 5.82 Å². The van der Waals surface area contributed by atoms with Gasteiger partial charge in [0.15, 0.2) is 0 Å². The van der Waals surface area contributed by atoms with Gasteiger partial charge in [-0.1, -0.05) is 16.8 Å². The third-order valence-electron chi connectivity index (χ3n) is 2.20. The van der Waals surface area contributed by atoms with Crippen molar-refractivity contribution in [2.45, 2.75) is 13.0 Å². The van der Waals surface area contributed by atoms with Gasteiger partial charge in [0.05, 0.1) is 12.7 Å². The van der Waals surface area contributed by atoms with Gasteiger partial charge in [0.25, 0.3) is 5.89 Å². The van der Waals surface area contributed by atoms with Gasteiger partial charge in [0.1, 0.15) is 11.9 Å². The molecule has 0 aliphatic carbocycles. The van der Waals surface area contributed by atoms with Gasteiger partial charge in [0, 0.05) is 5.02 Å². The zero-order chi connectivity index (χ0) is 12.4. The molecule has 2 rings (SSSR count). The normalized spacial score (nSPS) is 12.5. The van der Waals surface area contributed by atoms with E-state index in [1.54, 1.807) is 25.1 Å². The minimum Gasteiger partial charge on any atom is -0.496 e. The molecule has 0 fully saturated rings. The van der Waals surface area contributed by atoms with E-state index in [2.05, 4.69) is 10.1 Å². The molecular formula is C11H11ClN2O3. The maximum Gasteiger partial charge on any atom is 0.255 e. The van der Waals surface area contributed by atoms with Gasteiger partial charge in [-0.25, -0.2) is 0 Å². The SMILES string of the molecule is COc1cc(Cl)ccc1-c1noc([C@H](C)O)n1. The van der Waals surface area contributed by atoms with Gasteiger partial charge >= 0.3 is 0 Å². The van der Waals surface area contributed by atoms with Crippen LogP contribution >= 0.6 is 11.6 Å². The molecule has 0 radical (unpaired) electrons. The molecule has 0 bridgehead atoms. The van der Waals surface area contributed by atoms with E-state index in [9.17, 15) is 5.11 Å². The van der Waals surface area contributed by atoms with E-state index in [4.69, 9.17) is 20.9 Å². The number of methoxy groups -OCH3 is 1. The number of halogens is 1. The third-order valence-corrected chi connectivity index (χ3v) is 2.44. The van der Waals surface area contributed by atoms with Crippen LogP contribution in [0.1, 0.15) is 18.9 Å². The quantitative estimate of drug-likeness (QED) is 0.911. The lowest BCUT2D eigenvalue weighted by molar-refractivity contribution is 0.152. The average Bonchev–Trinajstić information content (AvgIpc) is 2.78. The van der Waals surface area contributed by atoms with E-state index in [-0.39, 0.29) is 5.89 Å². The van der Waals surface area contributed by atoms with Crippen molar-refractivity contribution >= 4 is 11.6 Å². The summed E-state index contributed by atoms with van der Waals surface area (Å²) in [5.74, 6) is 1.07. The van der Waals surface area contributed by atoms with Crippen molar-refractivity contribution in [3.63, 3.8) is 0 Å². The van der Waals surface area contributed by atoms with E-state index in [0.29, 0.717) is 22.2 Å². The van der Waals surface area contributed by atoms with Crippen molar-refractivity contribution in [3.8, 4) is 17.1 Å². The van der Waals surface area contributed by atoms with E-state index in [1.165, 1.54) is 7.11 Å². The second-order valence-corrected chi connectivity index (χ2v) is 3.91. The first-order valence-electron chi connectivity index (χ1n) is 4.97. The van der Waals surface area contributed by atoms with E-state index in [1.807, 2.05) is 0 Å². The van der Waals surface area contributed by atoms with E-state index >= 15 is 0 Å². The molecular weight excluding hydrogens is 244 g/mol. The van der Waals surface area contributed by atoms with E-state index < -0.39 is 6.10 Å². The Morgan fingerprint density at radius 2 is 2.24 bits per heavy atom. The molecule has 17 heavy (non-hydrogen) atoms. The minimum atomic E-state index is -0.797. The van der Waals surface area contributed by atoms with Crippen LogP contribution in [-0.2, 0) is 0 Å². The fourth-order valence-electron chi connectivity index (χ4n) is 1.36. The Balaban J connectivity index is 2.44. The van der Waals surface area contributed by atoms with Crippen LogP contribution in [0.15, 0.2) is 22.7 Å². The predicted molar refractivity (Wildman–Crippen MR) is 61.9 cm³/mol. The first kappa shape index (κ1) is 11.9. The van der Waals surface area contributed by atoms with Gasteiger partial charge < -0.3 is 14.4 Å². The molecule has 0 saturated carbocycles. The van der Waals surface area contributed by atoms with Crippen LogP contribution in [0.4, 0.5) is 0 Å². The highest BCUT2D eigenvalue weighted by molar-refractivity contribution is 6.30. The second kappa shape index (κ2) is 4.73. The number of rotatable bonds is 3. The average molecular weight is 255 g/mol. The van der Waals surface area contributed by atoms with Crippen LogP contribution in [0.5, 0.6) is 5.75 Å². The number of benzene rings is 1. The van der Waals surface area contributed by atoms with Crippen LogP contribution in [0, 0.1) is 0 Å². The maximum atomic E-state index is 9.31. The molecule has 6 heteroatoms. The van der Waals surface area contributed by atoms with Crippen molar-refractivity contribution in [2.75, 3.05) is 7.11 Å². The molecule has 0 spiro atoms. The molecule has 0 aliphatic heterocycles. The first-order valence-corrected chi connectivity index (χ1v) is 5.35. The number of ether oxygens (including phenoxy) is 1. The molecule has 2 aromatic rings. The Kier molecular flexibility index (Phi) is 3.31. The van der Waals surface area contributed by atoms with Crippen LogP contribution in [0.2, 0.25) is 5.02 Å². The van der Waals surface area contributed by atoms with Crippen LogP contribution in [-0.4, -0.2) is 22.4 Å². The van der Waals surface area contributed by atoms with Gasteiger partial charge in [-0.05, 0) is 25.1 Å². The van der Waals surface area contributed by atoms with Crippen LogP contribution in [0.25, 0.3) is 11.4 Å². The summed E-state index contributed by atoms with van der Waals surface area (Å²) in [6.45, 7) is 1.55. The lowest BCUT2D eigenvalue weighted by Crippen LogP contribution is -1.92. The Bertz CT molecular complexity index is 525. The van der Waals surface area contributed by atoms with Crippen molar-refractivity contribution in [1.82, 2.24) is 10.1 Å². The zero-order valence-corrected chi connectivity index (χ0v) is 10.1. The molecule has 5 nitrogen and oxygen atoms in total. The molecule has 1 aromatic heterocycles. The minimum absolute atomic E-state index is 0.164. The highest BCUT2D eigenvalue weighted by atomic mass is 35.5. The van der Waals surface area contributed by atoms with Crippen molar-refractivity contribution < 1.29 is 14.4 Å². The Morgan fingerprint density at radius 3 is 2.82 bits per heavy atom. The van der Waals surface area contributed by atoms with Gasteiger partial charge in [-0.2, -0.15) is 4.98 Å². The van der Waals surface area contributed by atoms with Gasteiger partial charge in [-0.15, -0.1) is 0 Å². The number of aliphatic hydroxyl groups is 1. The van der Waals surface area contributed by atoms with Crippen molar-refractivity contribution in [2.24, 2.45) is 0 Å². The number of hydrogen-bond acceptors (Lipinski definition) is 5. The Hall–Kier alpha value is -1.59. The van der Waals surface area contributed by atoms with E-state index in [0.717, 1.165) is 0 Å². The smallest absolute Gasteiger partial charge is 0.255 e. The first-order chi connectivity index (χ1) is 8.11. The maximum absolute atomic E-state index is 9.31. The summed E-state index contributed by atoms with van der Waals surface area (Å²) in [5, 5.41) is 13.6. The summed E-state index contributed by atoms with van der Waals surface area (Å²) >= 11 is 5.85. The monoisotopic (exact) mass is 254 g/mol. The van der Waals surface area contributed by atoms with Crippen LogP contribution in [0.3, 0.4) is 0 Å². The Labute approximate surface area is 103 Å². The number of aromatic nitrogens is 2. The lowest BCUT2D eigenvalue weighted by Gasteiger charge is -2.04. The molecule has 1 aromatic carbocycles. The molecule has 1 heterocycles. The lowest BCUT2D eigenvalue weighted by atomic mass is 10.2. The number of aliphatic hydroxyl groups excluding tert-OH is 1. The topological polar surface area (TPSA) is 68.4 Å². The summed E-state index contributed by atoms with van der Waals surface area (Å²) in [6.07, 6.45) is -0.797. The van der Waals surface area contributed by atoms with Crippen molar-refractivity contribution in [1.29, 1.82) is 0 Å². The molecule has 1 N–H and O–H groups in total. The van der Waals surface area contributed by atoms with Gasteiger partial charge in [-0.3, -0.25) is 0 Å². The standard InChI is InChI=1S/C11H11ClN2O3/c1-6(15)11-13-10(14-17-11)8-4-3-7(12)5-9(8)16-2/h3-6,15H,1-2H3/t6-/m0/s1. The Morgan fingerprint density at radius 1 is 1.47 bits per heavy atom. The molecule has 0 unspecified atom stereocenters. The fourth-order valence-corrected chi connectivity index (χ4v) is 1.53. The molecule has 0 aliphatic rings. The molecule has 0 saturated heterocycles. The largest absolute Gasteiger partial charge is 0.496 e. The zero-order valence-electron chi connectivity index (χ0n) is 9.35. The summed E-state index contributed by atoms with van der Waals surface area (Å²) in [6, 6.07) is 5.10. The highest BCUT2D eigenvalue weighted by Crippen LogP contribution is 2.30. The summed E-state index contributed by atoms with van der Waals surface area (Å²) in [7, 11) is 1.53. The fraction of sp³-hybridized carbons (Fsp3) is 0.273. The third kappa shape index (κ3) is 2.40. The second-order valence-electron chi connectivity index (χ2n) is 3.48. The molecule has 0 amide bonds. The van der Waals surface area contributed by atoms with Crippen LogP contribution < -0.4 is 4.74 Å². The number of hydrogen-bond donors (Lipinski definition) is 1. The van der Waals surface area contributed by atoms with Crippen molar-refractivity contribution in [3.05, 3.63) is 29.1 Å². The molecule has 1 atom stereocenters. The highest BCUT2D eigenvalue weighted by Gasteiger charge is 2.15. The predicted octanol–water partition coefficient (Wildman–Crippen LogP) is 2.45. The number of nitrogens with zero attached hydrogens (tertiary/aromatic N) is 2. The summed E-state index contributed by atoms with van der Waals surface area (Å²) in [4.78, 5) is 4.07. The summed E-state index contributed by atoms with van der Waals surface area (Å²) in [5.41, 5.74) is 0.660.